The molecule has 0 fully saturated rings. The molecule has 1 heterocycles. The van der Waals surface area contributed by atoms with E-state index in [9.17, 15) is 4.79 Å². The first kappa shape index (κ1) is 17.1. The minimum atomic E-state index is -0.239. The van der Waals surface area contributed by atoms with E-state index in [4.69, 9.17) is 5.73 Å². The Morgan fingerprint density at radius 3 is 2.91 bits per heavy atom. The van der Waals surface area contributed by atoms with Crippen molar-refractivity contribution in [3.63, 3.8) is 0 Å². The number of thioether (sulfide) groups is 1. The number of hydrogen-bond acceptors (Lipinski definition) is 6. The molecule has 23 heavy (non-hydrogen) atoms. The zero-order valence-electron chi connectivity index (χ0n) is 12.9. The van der Waals surface area contributed by atoms with Crippen molar-refractivity contribution in [2.45, 2.75) is 4.34 Å². The number of carbonyl (C=O) groups is 1. The molecule has 5 nitrogen and oxygen atoms in total. The number of nitrogens with zero attached hydrogens (tertiary/aromatic N) is 1. The molecule has 1 amide bonds. The number of fused-ring (bicyclic) bond motifs is 1. The maximum atomic E-state index is 11.6. The SMILES string of the molecule is C=C(/C=C(\C=C/N)Nc1ccc2nc(SC)sc2c1)C(=O)NC. The molecular weight excluding hydrogens is 328 g/mol. The van der Waals surface area contributed by atoms with Crippen molar-refractivity contribution in [2.24, 2.45) is 5.73 Å². The van der Waals surface area contributed by atoms with Crippen LogP contribution in [0, 0.1) is 0 Å². The molecule has 120 valence electrons. The van der Waals surface area contributed by atoms with Gasteiger partial charge >= 0.3 is 0 Å². The van der Waals surface area contributed by atoms with Crippen molar-refractivity contribution in [1.82, 2.24) is 10.3 Å². The predicted octanol–water partition coefficient (Wildman–Crippen LogP) is 3.09. The lowest BCUT2D eigenvalue weighted by atomic mass is 10.2. The molecule has 4 N–H and O–H groups in total. The van der Waals surface area contributed by atoms with Crippen LogP contribution in [0.5, 0.6) is 0 Å². The normalized spacial score (nSPS) is 11.8. The molecule has 2 aromatic rings. The largest absolute Gasteiger partial charge is 0.405 e. The highest BCUT2D eigenvalue weighted by Gasteiger charge is 2.06. The summed E-state index contributed by atoms with van der Waals surface area (Å²) >= 11 is 3.27. The highest BCUT2D eigenvalue weighted by atomic mass is 32.2. The Morgan fingerprint density at radius 1 is 1.48 bits per heavy atom. The molecule has 0 radical (unpaired) electrons. The van der Waals surface area contributed by atoms with Gasteiger partial charge in [0.1, 0.15) is 0 Å². The van der Waals surface area contributed by atoms with Gasteiger partial charge in [-0.25, -0.2) is 4.98 Å². The summed E-state index contributed by atoms with van der Waals surface area (Å²) in [6.07, 6.45) is 6.74. The second-order valence-corrected chi connectivity index (χ2v) is 6.64. The van der Waals surface area contributed by atoms with E-state index in [1.807, 2.05) is 24.5 Å². The number of nitrogens with one attached hydrogen (secondary N) is 2. The number of allylic oxidation sites excluding steroid dienone is 1. The van der Waals surface area contributed by atoms with Crippen molar-refractivity contribution in [3.05, 3.63) is 54.4 Å². The van der Waals surface area contributed by atoms with E-state index in [0.717, 1.165) is 20.2 Å². The Kier molecular flexibility index (Phi) is 5.84. The predicted molar refractivity (Wildman–Crippen MR) is 99.6 cm³/mol. The third kappa shape index (κ3) is 4.37. The van der Waals surface area contributed by atoms with Gasteiger partial charge in [0.15, 0.2) is 4.34 Å². The topological polar surface area (TPSA) is 80.0 Å². The Bertz CT molecular complexity index is 792. The van der Waals surface area contributed by atoms with Gasteiger partial charge < -0.3 is 16.4 Å². The fraction of sp³-hybridized carbons (Fsp3) is 0.125. The Labute approximate surface area is 143 Å². The third-order valence-corrected chi connectivity index (χ3v) is 4.96. The van der Waals surface area contributed by atoms with Crippen LogP contribution in [-0.2, 0) is 4.79 Å². The van der Waals surface area contributed by atoms with Crippen molar-refractivity contribution in [2.75, 3.05) is 18.6 Å². The van der Waals surface area contributed by atoms with Gasteiger partial charge in [-0.3, -0.25) is 4.79 Å². The van der Waals surface area contributed by atoms with E-state index in [1.165, 1.54) is 6.20 Å². The quantitative estimate of drug-likeness (QED) is 0.425. The summed E-state index contributed by atoms with van der Waals surface area (Å²) in [7, 11) is 1.56. The molecule has 1 aromatic heterocycles. The first-order valence-corrected chi connectivity index (χ1v) is 8.84. The van der Waals surface area contributed by atoms with Crippen LogP contribution in [0.15, 0.2) is 58.7 Å². The number of likely N-dealkylation sites (N-methyl/N-ethyl adjacent to an activating group) is 1. The number of carbonyl (C=O) groups excluding carboxylic acids is 1. The number of nitrogens with two attached hydrogens (primary N) is 1. The summed E-state index contributed by atoms with van der Waals surface area (Å²) in [4.78, 5) is 16.1. The monoisotopic (exact) mass is 346 g/mol. The van der Waals surface area contributed by atoms with Crippen LogP contribution >= 0.6 is 23.1 Å². The lowest BCUT2D eigenvalue weighted by Crippen LogP contribution is -2.18. The molecule has 0 bridgehead atoms. The molecular formula is C16H18N4OS2. The van der Waals surface area contributed by atoms with Gasteiger partial charge in [0.2, 0.25) is 5.91 Å². The van der Waals surface area contributed by atoms with E-state index < -0.39 is 0 Å². The average molecular weight is 346 g/mol. The summed E-state index contributed by atoms with van der Waals surface area (Å²) in [5, 5.41) is 5.77. The maximum absolute atomic E-state index is 11.6. The third-order valence-electron chi connectivity index (χ3n) is 2.96. The second-order valence-electron chi connectivity index (χ2n) is 4.55. The molecule has 0 spiro atoms. The van der Waals surface area contributed by atoms with Crippen LogP contribution in [-0.4, -0.2) is 24.2 Å². The van der Waals surface area contributed by atoms with Crippen molar-refractivity contribution < 1.29 is 4.79 Å². The van der Waals surface area contributed by atoms with Crippen LogP contribution in [0.2, 0.25) is 0 Å². The maximum Gasteiger partial charge on any atom is 0.250 e. The second kappa shape index (κ2) is 7.85. The fourth-order valence-corrected chi connectivity index (χ4v) is 3.41. The molecule has 0 saturated carbocycles. The van der Waals surface area contributed by atoms with E-state index in [1.54, 1.807) is 42.3 Å². The summed E-state index contributed by atoms with van der Waals surface area (Å²) in [5.41, 5.74) is 8.36. The zero-order chi connectivity index (χ0) is 16.8. The first-order chi connectivity index (χ1) is 11.1. The van der Waals surface area contributed by atoms with E-state index >= 15 is 0 Å². The smallest absolute Gasteiger partial charge is 0.250 e. The van der Waals surface area contributed by atoms with Crippen LogP contribution in [0.4, 0.5) is 5.69 Å². The number of amides is 1. The minimum absolute atomic E-state index is 0.239. The Morgan fingerprint density at radius 2 is 2.26 bits per heavy atom. The minimum Gasteiger partial charge on any atom is -0.405 e. The molecule has 0 saturated heterocycles. The van der Waals surface area contributed by atoms with Crippen molar-refractivity contribution in [3.8, 4) is 0 Å². The van der Waals surface area contributed by atoms with Gasteiger partial charge in [-0.15, -0.1) is 11.3 Å². The van der Waals surface area contributed by atoms with Crippen LogP contribution < -0.4 is 16.4 Å². The van der Waals surface area contributed by atoms with Crippen molar-refractivity contribution in [1.29, 1.82) is 0 Å². The lowest BCUT2D eigenvalue weighted by Gasteiger charge is -2.08. The summed E-state index contributed by atoms with van der Waals surface area (Å²) < 4.78 is 2.13. The van der Waals surface area contributed by atoms with Crippen LogP contribution in [0.25, 0.3) is 10.2 Å². The van der Waals surface area contributed by atoms with Gasteiger partial charge in [0.05, 0.1) is 10.2 Å². The van der Waals surface area contributed by atoms with E-state index in [-0.39, 0.29) is 5.91 Å². The van der Waals surface area contributed by atoms with Gasteiger partial charge in [0.25, 0.3) is 0 Å². The zero-order valence-corrected chi connectivity index (χ0v) is 14.6. The number of anilines is 1. The Hall–Kier alpha value is -2.25. The molecule has 2 rings (SSSR count). The summed E-state index contributed by atoms with van der Waals surface area (Å²) in [5.74, 6) is -0.239. The fourth-order valence-electron chi connectivity index (χ4n) is 1.88. The lowest BCUT2D eigenvalue weighted by molar-refractivity contribution is -0.116. The van der Waals surface area contributed by atoms with Gasteiger partial charge in [-0.05, 0) is 42.8 Å². The van der Waals surface area contributed by atoms with E-state index in [2.05, 4.69) is 22.2 Å². The number of rotatable bonds is 6. The molecule has 0 unspecified atom stereocenters. The number of hydrogen-bond donors (Lipinski definition) is 3. The first-order valence-electron chi connectivity index (χ1n) is 6.80. The van der Waals surface area contributed by atoms with Gasteiger partial charge in [0, 0.05) is 24.0 Å². The van der Waals surface area contributed by atoms with Crippen molar-refractivity contribution >= 4 is 44.9 Å². The summed E-state index contributed by atoms with van der Waals surface area (Å²) in [6, 6.07) is 5.92. The number of thiazole rings is 1. The van der Waals surface area contributed by atoms with Crippen LogP contribution in [0.3, 0.4) is 0 Å². The standard InChI is InChI=1S/C16H18N4OS2/c1-10(15(21)18-2)8-12(6-7-17)19-11-4-5-13-14(9-11)23-16(20-13)22-3/h4-9,19H,1,17H2,2-3H3,(H,18,21)/b7-6-,12-8+. The van der Waals surface area contributed by atoms with E-state index in [0.29, 0.717) is 11.3 Å². The highest BCUT2D eigenvalue weighted by molar-refractivity contribution is 8.00. The van der Waals surface area contributed by atoms with Gasteiger partial charge in [-0.1, -0.05) is 18.3 Å². The Balaban J connectivity index is 2.27. The highest BCUT2D eigenvalue weighted by Crippen LogP contribution is 2.30. The molecule has 1 aromatic carbocycles. The average Bonchev–Trinajstić information content (AvgIpc) is 2.96. The summed E-state index contributed by atoms with van der Waals surface area (Å²) in [6.45, 7) is 3.74. The van der Waals surface area contributed by atoms with Crippen LogP contribution in [0.1, 0.15) is 0 Å². The molecule has 0 aliphatic rings. The number of aromatic nitrogens is 1. The molecule has 0 aliphatic carbocycles. The molecule has 0 atom stereocenters. The molecule has 0 aliphatic heterocycles. The van der Waals surface area contributed by atoms with Gasteiger partial charge in [-0.2, -0.15) is 0 Å². The molecule has 7 heteroatoms. The number of benzene rings is 1.